The van der Waals surface area contributed by atoms with Gasteiger partial charge in [-0.25, -0.2) is 4.39 Å². The van der Waals surface area contributed by atoms with Crippen molar-refractivity contribution < 1.29 is 9.18 Å². The molecule has 1 aromatic carbocycles. The third-order valence-corrected chi connectivity index (χ3v) is 8.62. The number of aromatic nitrogens is 2. The van der Waals surface area contributed by atoms with E-state index >= 15 is 0 Å². The number of H-pyrrole nitrogens is 1. The highest BCUT2D eigenvalue weighted by Crippen LogP contribution is 2.42. The molecule has 0 spiro atoms. The van der Waals surface area contributed by atoms with Crippen molar-refractivity contribution in [2.45, 2.75) is 112 Å². The van der Waals surface area contributed by atoms with Gasteiger partial charge in [-0.05, 0) is 67.5 Å². The van der Waals surface area contributed by atoms with Gasteiger partial charge in [0.25, 0.3) is 0 Å². The SMILES string of the molecule is CC(=O)C(C)C.CCC(C)(C)C.CCC(C)C1CCC(c2cc(Nc3ccc4c(c3F)CNS4)n[nH]2)C1. The van der Waals surface area contributed by atoms with Crippen LogP contribution in [-0.4, -0.2) is 16.0 Å². The first kappa shape index (κ1) is 31.4. The first-order chi connectivity index (χ1) is 17.4. The molecule has 2 aromatic rings. The Morgan fingerprint density at radius 1 is 1.22 bits per heavy atom. The molecule has 3 unspecified atom stereocenters. The summed E-state index contributed by atoms with van der Waals surface area (Å²) in [6.45, 7) is 19.5. The molecule has 37 heavy (non-hydrogen) atoms. The molecule has 1 aliphatic heterocycles. The van der Waals surface area contributed by atoms with Gasteiger partial charge < -0.3 is 5.32 Å². The average molecular weight is 533 g/mol. The maximum atomic E-state index is 14.6. The maximum absolute atomic E-state index is 14.6. The van der Waals surface area contributed by atoms with Crippen molar-refractivity contribution in [3.05, 3.63) is 35.3 Å². The van der Waals surface area contributed by atoms with Crippen LogP contribution in [0.4, 0.5) is 15.9 Å². The summed E-state index contributed by atoms with van der Waals surface area (Å²) in [6.07, 6.45) is 6.26. The number of anilines is 2. The monoisotopic (exact) mass is 532 g/mol. The number of fused-ring (bicyclic) bond motifs is 1. The number of carbonyl (C=O) groups is 1. The molecule has 2 heterocycles. The molecular weight excluding hydrogens is 483 g/mol. The van der Waals surface area contributed by atoms with E-state index < -0.39 is 0 Å². The van der Waals surface area contributed by atoms with E-state index in [0.29, 0.717) is 29.4 Å². The number of Topliss-reactive ketones (excluding diaryl/α,β-unsaturated/α-hetero) is 1. The predicted octanol–water partition coefficient (Wildman–Crippen LogP) is 9.01. The number of hydrogen-bond acceptors (Lipinski definition) is 5. The van der Waals surface area contributed by atoms with Gasteiger partial charge in [0.05, 0.1) is 5.69 Å². The second-order valence-corrected chi connectivity index (χ2v) is 12.9. The number of hydrogen-bond donors (Lipinski definition) is 3. The number of ketones is 1. The molecule has 4 rings (SSSR count). The quantitative estimate of drug-likeness (QED) is 0.324. The van der Waals surface area contributed by atoms with Gasteiger partial charge in [-0.3, -0.25) is 14.6 Å². The standard InChI is InChI=1S/C19H25FN4S.C6H14.C5H10O/c1-3-11(2)12-4-5-13(8-12)16-9-18(24-23-16)22-15-6-7-17-14(19(15)20)10-21-25-17;1-5-6(2,3)4;1-4(2)5(3)6/h6-7,9,11-13,21H,3-5,8,10H2,1-2H3,(H2,22,23,24);5H2,1-4H3;4H,1-3H3. The Kier molecular flexibility index (Phi) is 12.2. The van der Waals surface area contributed by atoms with E-state index in [4.69, 9.17) is 0 Å². The van der Waals surface area contributed by atoms with E-state index in [1.54, 1.807) is 13.0 Å². The molecule has 1 saturated carbocycles. The van der Waals surface area contributed by atoms with E-state index in [0.717, 1.165) is 22.3 Å². The van der Waals surface area contributed by atoms with Crippen molar-refractivity contribution in [2.75, 3.05) is 5.32 Å². The van der Waals surface area contributed by atoms with Gasteiger partial charge in [0, 0.05) is 40.6 Å². The molecule has 1 fully saturated rings. The molecule has 1 aliphatic carbocycles. The first-order valence-electron chi connectivity index (χ1n) is 13.9. The second kappa shape index (κ2) is 14.3. The Morgan fingerprint density at radius 3 is 2.43 bits per heavy atom. The molecule has 0 saturated heterocycles. The highest BCUT2D eigenvalue weighted by molar-refractivity contribution is 7.97. The third kappa shape index (κ3) is 9.75. The lowest BCUT2D eigenvalue weighted by Crippen LogP contribution is -2.06. The number of carbonyl (C=O) groups excluding carboxylic acids is 1. The van der Waals surface area contributed by atoms with Crippen LogP contribution in [0.15, 0.2) is 23.1 Å². The van der Waals surface area contributed by atoms with Crippen LogP contribution in [0.2, 0.25) is 0 Å². The fraction of sp³-hybridized carbons (Fsp3) is 0.667. The minimum absolute atomic E-state index is 0.183. The number of nitrogens with zero attached hydrogens (tertiary/aromatic N) is 1. The molecule has 208 valence electrons. The number of aromatic amines is 1. The number of benzene rings is 1. The average Bonchev–Trinajstić information content (AvgIpc) is 3.61. The fourth-order valence-corrected chi connectivity index (χ4v) is 4.84. The number of halogens is 1. The second-order valence-electron chi connectivity index (χ2n) is 12.0. The molecule has 0 amide bonds. The molecule has 0 radical (unpaired) electrons. The van der Waals surface area contributed by atoms with Crippen molar-refractivity contribution in [1.29, 1.82) is 0 Å². The van der Waals surface area contributed by atoms with Crippen molar-refractivity contribution in [1.82, 2.24) is 14.9 Å². The highest BCUT2D eigenvalue weighted by Gasteiger charge is 2.30. The molecular formula is C30H49FN4OS. The van der Waals surface area contributed by atoms with Crippen LogP contribution in [0, 0.1) is 29.0 Å². The van der Waals surface area contributed by atoms with Crippen LogP contribution < -0.4 is 10.0 Å². The summed E-state index contributed by atoms with van der Waals surface area (Å²) >= 11 is 1.48. The van der Waals surface area contributed by atoms with E-state index in [9.17, 15) is 9.18 Å². The Hall–Kier alpha value is -1.86. The van der Waals surface area contributed by atoms with Gasteiger partial charge in [0.1, 0.15) is 5.78 Å². The van der Waals surface area contributed by atoms with Crippen LogP contribution >= 0.6 is 11.9 Å². The third-order valence-electron chi connectivity index (χ3n) is 7.73. The predicted molar refractivity (Wildman–Crippen MR) is 156 cm³/mol. The zero-order chi connectivity index (χ0) is 27.8. The van der Waals surface area contributed by atoms with Gasteiger partial charge in [-0.15, -0.1) is 0 Å². The smallest absolute Gasteiger partial charge is 0.152 e. The molecule has 0 bridgehead atoms. The summed E-state index contributed by atoms with van der Waals surface area (Å²) < 4.78 is 17.7. The van der Waals surface area contributed by atoms with Gasteiger partial charge in [-0.1, -0.05) is 68.2 Å². The summed E-state index contributed by atoms with van der Waals surface area (Å²) in [7, 11) is 0. The normalized spacial score (nSPS) is 19.4. The number of nitrogens with one attached hydrogen (secondary N) is 3. The Labute approximate surface area is 228 Å². The van der Waals surface area contributed by atoms with Gasteiger partial charge in [-0.2, -0.15) is 5.10 Å². The minimum Gasteiger partial charge on any atom is -0.336 e. The van der Waals surface area contributed by atoms with Gasteiger partial charge in [0.2, 0.25) is 0 Å². The summed E-state index contributed by atoms with van der Waals surface area (Å²) in [5.74, 6) is 3.13. The molecule has 3 N–H and O–H groups in total. The summed E-state index contributed by atoms with van der Waals surface area (Å²) in [5.41, 5.74) is 2.94. The van der Waals surface area contributed by atoms with E-state index in [2.05, 4.69) is 61.8 Å². The van der Waals surface area contributed by atoms with Crippen molar-refractivity contribution >= 4 is 29.2 Å². The number of rotatable bonds is 6. The zero-order valence-corrected chi connectivity index (χ0v) is 25.2. The Balaban J connectivity index is 0.000000336. The Morgan fingerprint density at radius 2 is 1.86 bits per heavy atom. The maximum Gasteiger partial charge on any atom is 0.152 e. The molecule has 2 aliphatic rings. The topological polar surface area (TPSA) is 69.8 Å². The van der Waals surface area contributed by atoms with Crippen LogP contribution in [0.5, 0.6) is 0 Å². The minimum atomic E-state index is -0.183. The largest absolute Gasteiger partial charge is 0.336 e. The van der Waals surface area contributed by atoms with Gasteiger partial charge >= 0.3 is 0 Å². The van der Waals surface area contributed by atoms with Crippen molar-refractivity contribution in [3.8, 4) is 0 Å². The molecule has 3 atom stereocenters. The van der Waals surface area contributed by atoms with Crippen LogP contribution in [-0.2, 0) is 11.3 Å². The van der Waals surface area contributed by atoms with Crippen molar-refractivity contribution in [2.24, 2.45) is 23.2 Å². The lowest BCUT2D eigenvalue weighted by Gasteiger charge is -2.16. The lowest BCUT2D eigenvalue weighted by atomic mass is 9.89. The van der Waals surface area contributed by atoms with Gasteiger partial charge in [0.15, 0.2) is 11.6 Å². The van der Waals surface area contributed by atoms with E-state index in [1.807, 2.05) is 26.0 Å². The zero-order valence-electron chi connectivity index (χ0n) is 24.4. The Bertz CT molecular complexity index is 998. The lowest BCUT2D eigenvalue weighted by molar-refractivity contribution is -0.119. The first-order valence-corrected chi connectivity index (χ1v) is 14.7. The van der Waals surface area contributed by atoms with Crippen LogP contribution in [0.3, 0.4) is 0 Å². The van der Waals surface area contributed by atoms with Crippen molar-refractivity contribution in [3.63, 3.8) is 0 Å². The van der Waals surface area contributed by atoms with E-state index in [-0.39, 0.29) is 17.5 Å². The molecule has 7 heteroatoms. The molecule has 5 nitrogen and oxygen atoms in total. The summed E-state index contributed by atoms with van der Waals surface area (Å²) in [5, 5.41) is 10.7. The van der Waals surface area contributed by atoms with E-state index in [1.165, 1.54) is 49.7 Å². The molecule has 1 aromatic heterocycles. The summed E-state index contributed by atoms with van der Waals surface area (Å²) in [6, 6.07) is 5.78. The highest BCUT2D eigenvalue weighted by atomic mass is 32.2. The van der Waals surface area contributed by atoms with Crippen LogP contribution in [0.1, 0.15) is 112 Å². The van der Waals surface area contributed by atoms with Crippen LogP contribution in [0.25, 0.3) is 0 Å². The summed E-state index contributed by atoms with van der Waals surface area (Å²) in [4.78, 5) is 11.1. The fourth-order valence-electron chi connectivity index (χ4n) is 4.04.